The minimum Gasteiger partial charge on any atom is -0.382 e. The first-order valence-corrected chi connectivity index (χ1v) is 5.36. The summed E-state index contributed by atoms with van der Waals surface area (Å²) in [6.07, 6.45) is 3.60. The zero-order chi connectivity index (χ0) is 10.3. The largest absolute Gasteiger partial charge is 0.382 e. The number of rotatable bonds is 1. The van der Waals surface area contributed by atoms with Crippen LogP contribution >= 0.6 is 11.3 Å². The van der Waals surface area contributed by atoms with Crippen LogP contribution in [-0.4, -0.2) is 14.8 Å². The van der Waals surface area contributed by atoms with E-state index in [0.29, 0.717) is 5.82 Å². The van der Waals surface area contributed by atoms with Crippen LogP contribution in [0.15, 0.2) is 36.0 Å². The second-order valence-electron chi connectivity index (χ2n) is 3.15. The quantitative estimate of drug-likeness (QED) is 0.677. The van der Waals surface area contributed by atoms with Crippen LogP contribution in [0.25, 0.3) is 15.9 Å². The molecule has 0 amide bonds. The maximum atomic E-state index is 5.58. The number of anilines is 1. The first-order valence-electron chi connectivity index (χ1n) is 4.48. The van der Waals surface area contributed by atoms with Crippen molar-refractivity contribution in [3.05, 3.63) is 36.0 Å². The third-order valence-electron chi connectivity index (χ3n) is 2.19. The summed E-state index contributed by atoms with van der Waals surface area (Å²) >= 11 is 1.69. The number of fused-ring (bicyclic) bond motifs is 1. The molecule has 0 aromatic carbocycles. The molecule has 3 aromatic rings. The molecule has 0 aliphatic heterocycles. The van der Waals surface area contributed by atoms with E-state index < -0.39 is 0 Å². The van der Waals surface area contributed by atoms with Crippen molar-refractivity contribution in [3.8, 4) is 5.82 Å². The van der Waals surface area contributed by atoms with Crippen LogP contribution < -0.4 is 5.73 Å². The fourth-order valence-corrected chi connectivity index (χ4v) is 2.29. The molecule has 2 N–H and O–H groups in total. The highest BCUT2D eigenvalue weighted by Crippen LogP contribution is 2.24. The van der Waals surface area contributed by atoms with Crippen LogP contribution in [0.1, 0.15) is 0 Å². The van der Waals surface area contributed by atoms with E-state index in [9.17, 15) is 0 Å². The second-order valence-corrected chi connectivity index (χ2v) is 4.10. The highest BCUT2D eigenvalue weighted by Gasteiger charge is 2.06. The van der Waals surface area contributed by atoms with E-state index >= 15 is 0 Å². The molecule has 0 bridgehead atoms. The van der Waals surface area contributed by atoms with Gasteiger partial charge in [0.2, 0.25) is 0 Å². The molecule has 0 unspecified atom stereocenters. The fraction of sp³-hybridized carbons (Fsp3) is 0. The van der Waals surface area contributed by atoms with Gasteiger partial charge in [0.05, 0.1) is 0 Å². The first kappa shape index (κ1) is 8.43. The minimum absolute atomic E-state index is 0.504. The van der Waals surface area contributed by atoms with Crippen LogP contribution in [0.3, 0.4) is 0 Å². The van der Waals surface area contributed by atoms with Crippen LogP contribution in [0, 0.1) is 0 Å². The molecule has 0 saturated heterocycles. The third-order valence-corrected chi connectivity index (χ3v) is 3.07. The van der Waals surface area contributed by atoms with Crippen molar-refractivity contribution in [2.24, 2.45) is 0 Å². The second kappa shape index (κ2) is 3.06. The molecule has 3 rings (SSSR count). The number of nitrogens with zero attached hydrogens (tertiary/aromatic N) is 3. The van der Waals surface area contributed by atoms with E-state index in [-0.39, 0.29) is 0 Å². The van der Waals surface area contributed by atoms with Gasteiger partial charge in [0.15, 0.2) is 5.82 Å². The normalized spacial score (nSPS) is 10.9. The zero-order valence-corrected chi connectivity index (χ0v) is 8.61. The molecule has 74 valence electrons. The molecule has 0 fully saturated rings. The van der Waals surface area contributed by atoms with E-state index in [1.807, 2.05) is 23.7 Å². The molecular weight excluding hydrogens is 208 g/mol. The molecule has 15 heavy (non-hydrogen) atoms. The minimum atomic E-state index is 0.504. The lowest BCUT2D eigenvalue weighted by Gasteiger charge is -2.00. The summed E-state index contributed by atoms with van der Waals surface area (Å²) in [4.78, 5) is 4.31. The molecular formula is C10H8N4S. The lowest BCUT2D eigenvalue weighted by Crippen LogP contribution is -1.99. The average Bonchev–Trinajstić information content (AvgIpc) is 2.84. The summed E-state index contributed by atoms with van der Waals surface area (Å²) in [5.74, 6) is 1.33. The van der Waals surface area contributed by atoms with Gasteiger partial charge in [-0.05, 0) is 17.5 Å². The molecule has 3 aromatic heterocycles. The molecule has 5 heteroatoms. The number of hydrogen-bond donors (Lipinski definition) is 1. The SMILES string of the molecule is Nc1ccn(-c2nccc3sccc23)n1. The highest BCUT2D eigenvalue weighted by molar-refractivity contribution is 7.17. The third kappa shape index (κ3) is 1.28. The molecule has 0 saturated carbocycles. The highest BCUT2D eigenvalue weighted by atomic mass is 32.1. The Bertz CT molecular complexity index is 610. The Labute approximate surface area is 90.0 Å². The lowest BCUT2D eigenvalue weighted by molar-refractivity contribution is 0.861. The lowest BCUT2D eigenvalue weighted by atomic mass is 10.3. The summed E-state index contributed by atoms with van der Waals surface area (Å²) in [5, 5.41) is 7.29. The number of nitrogens with two attached hydrogens (primary N) is 1. The number of nitrogen functional groups attached to an aromatic ring is 1. The Morgan fingerprint density at radius 3 is 3.00 bits per heavy atom. The first-order chi connectivity index (χ1) is 7.34. The standard InChI is InChI=1S/C10H8N4S/c11-9-2-5-14(13-9)10-7-3-6-15-8(7)1-4-12-10/h1-6H,(H2,11,13). The van der Waals surface area contributed by atoms with Crippen molar-refractivity contribution in [2.45, 2.75) is 0 Å². The van der Waals surface area contributed by atoms with Crippen molar-refractivity contribution in [1.29, 1.82) is 0 Å². The van der Waals surface area contributed by atoms with Gasteiger partial charge in [0.1, 0.15) is 5.82 Å². The molecule has 0 spiro atoms. The van der Waals surface area contributed by atoms with Crippen LogP contribution in [0.5, 0.6) is 0 Å². The van der Waals surface area contributed by atoms with Crippen molar-refractivity contribution < 1.29 is 0 Å². The van der Waals surface area contributed by atoms with Gasteiger partial charge in [-0.15, -0.1) is 16.4 Å². The van der Waals surface area contributed by atoms with Gasteiger partial charge in [-0.3, -0.25) is 0 Å². The molecule has 0 aliphatic rings. The summed E-state index contributed by atoms with van der Waals surface area (Å²) in [7, 11) is 0. The Hall–Kier alpha value is -1.88. The van der Waals surface area contributed by atoms with Crippen molar-refractivity contribution in [1.82, 2.24) is 14.8 Å². The van der Waals surface area contributed by atoms with Gasteiger partial charge in [-0.25, -0.2) is 9.67 Å². The van der Waals surface area contributed by atoms with E-state index in [4.69, 9.17) is 5.73 Å². The van der Waals surface area contributed by atoms with Crippen molar-refractivity contribution in [3.63, 3.8) is 0 Å². The van der Waals surface area contributed by atoms with Crippen molar-refractivity contribution >= 4 is 27.2 Å². The smallest absolute Gasteiger partial charge is 0.162 e. The number of pyridine rings is 1. The van der Waals surface area contributed by atoms with Gasteiger partial charge < -0.3 is 5.73 Å². The van der Waals surface area contributed by atoms with Gasteiger partial charge in [0.25, 0.3) is 0 Å². The maximum Gasteiger partial charge on any atom is 0.162 e. The fourth-order valence-electron chi connectivity index (χ4n) is 1.52. The molecule has 4 nitrogen and oxygen atoms in total. The van der Waals surface area contributed by atoms with E-state index in [1.165, 1.54) is 4.70 Å². The Kier molecular flexibility index (Phi) is 1.72. The Morgan fingerprint density at radius 2 is 2.20 bits per heavy atom. The van der Waals surface area contributed by atoms with Gasteiger partial charge in [-0.1, -0.05) is 0 Å². The zero-order valence-electron chi connectivity index (χ0n) is 7.79. The predicted octanol–water partition coefficient (Wildman–Crippen LogP) is 2.06. The Morgan fingerprint density at radius 1 is 1.27 bits per heavy atom. The number of thiophene rings is 1. The monoisotopic (exact) mass is 216 g/mol. The van der Waals surface area contributed by atoms with Crippen molar-refractivity contribution in [2.75, 3.05) is 5.73 Å². The summed E-state index contributed by atoms with van der Waals surface area (Å²) in [6.45, 7) is 0. The predicted molar refractivity (Wildman–Crippen MR) is 61.2 cm³/mol. The molecule has 3 heterocycles. The maximum absolute atomic E-state index is 5.58. The van der Waals surface area contributed by atoms with Gasteiger partial charge >= 0.3 is 0 Å². The Balaban J connectivity index is 2.30. The van der Waals surface area contributed by atoms with Crippen LogP contribution in [0.2, 0.25) is 0 Å². The van der Waals surface area contributed by atoms with Gasteiger partial charge in [-0.2, -0.15) is 0 Å². The topological polar surface area (TPSA) is 56.7 Å². The van der Waals surface area contributed by atoms with Crippen LogP contribution in [0.4, 0.5) is 5.82 Å². The van der Waals surface area contributed by atoms with E-state index in [2.05, 4.69) is 10.1 Å². The molecule has 0 atom stereocenters. The summed E-state index contributed by atoms with van der Waals surface area (Å²) in [6, 6.07) is 5.80. The average molecular weight is 216 g/mol. The summed E-state index contributed by atoms with van der Waals surface area (Å²) in [5.41, 5.74) is 5.58. The molecule has 0 radical (unpaired) electrons. The van der Waals surface area contributed by atoms with E-state index in [0.717, 1.165) is 11.2 Å². The summed E-state index contributed by atoms with van der Waals surface area (Å²) < 4.78 is 2.90. The van der Waals surface area contributed by atoms with Gasteiger partial charge in [0, 0.05) is 28.5 Å². The number of aromatic nitrogens is 3. The number of hydrogen-bond acceptors (Lipinski definition) is 4. The molecule has 0 aliphatic carbocycles. The van der Waals surface area contributed by atoms with Crippen LogP contribution in [-0.2, 0) is 0 Å². The van der Waals surface area contributed by atoms with E-state index in [1.54, 1.807) is 28.3 Å².